The predicted octanol–water partition coefficient (Wildman–Crippen LogP) is 2.17. The maximum Gasteiger partial charge on any atom is 0.159 e. The Morgan fingerprint density at radius 2 is 2.10 bits per heavy atom. The van der Waals surface area contributed by atoms with Crippen LogP contribution in [0.1, 0.15) is 18.9 Å². The second-order valence-electron chi connectivity index (χ2n) is 5.68. The van der Waals surface area contributed by atoms with Crippen LogP contribution in [0.3, 0.4) is 0 Å². The van der Waals surface area contributed by atoms with E-state index in [1.165, 1.54) is 6.07 Å². The monoisotopic (exact) mass is 317 g/mol. The van der Waals surface area contributed by atoms with Crippen LogP contribution in [-0.2, 0) is 16.3 Å². The molecule has 0 aromatic heterocycles. The summed E-state index contributed by atoms with van der Waals surface area (Å²) < 4.78 is 49.6. The van der Waals surface area contributed by atoms with Crippen molar-refractivity contribution in [2.45, 2.75) is 19.8 Å². The van der Waals surface area contributed by atoms with E-state index in [0.29, 0.717) is 24.9 Å². The molecule has 1 fully saturated rings. The van der Waals surface area contributed by atoms with Crippen molar-refractivity contribution in [2.24, 2.45) is 11.8 Å². The second kappa shape index (κ2) is 6.83. The van der Waals surface area contributed by atoms with Crippen LogP contribution in [0.25, 0.3) is 0 Å². The Bertz CT molecular complexity index is 589. The third-order valence-electron chi connectivity index (χ3n) is 4.07. The summed E-state index contributed by atoms with van der Waals surface area (Å²) in [6.45, 7) is 3.48. The van der Waals surface area contributed by atoms with Crippen molar-refractivity contribution in [3.8, 4) is 0 Å². The van der Waals surface area contributed by atoms with Crippen molar-refractivity contribution in [3.05, 3.63) is 35.4 Å². The first-order valence-electron chi connectivity index (χ1n) is 7.26. The molecule has 21 heavy (non-hydrogen) atoms. The summed E-state index contributed by atoms with van der Waals surface area (Å²) in [5, 5.41) is 3.24. The van der Waals surface area contributed by atoms with Gasteiger partial charge in [0.2, 0.25) is 0 Å². The smallest absolute Gasteiger partial charge is 0.159 e. The summed E-state index contributed by atoms with van der Waals surface area (Å²) in [4.78, 5) is 0. The fourth-order valence-electron chi connectivity index (χ4n) is 2.90. The predicted molar refractivity (Wildman–Crippen MR) is 78.9 cm³/mol. The molecule has 1 heterocycles. The minimum absolute atomic E-state index is 0.0853. The largest absolute Gasteiger partial charge is 0.317 e. The van der Waals surface area contributed by atoms with Gasteiger partial charge in [-0.25, -0.2) is 17.2 Å². The number of benzene rings is 1. The summed E-state index contributed by atoms with van der Waals surface area (Å²) in [5.41, 5.74) is 0.709. The molecule has 1 aliphatic rings. The Balaban J connectivity index is 2.10. The van der Waals surface area contributed by atoms with E-state index in [9.17, 15) is 17.2 Å². The number of hydrogen-bond donors (Lipinski definition) is 1. The highest BCUT2D eigenvalue weighted by atomic mass is 32.2. The van der Waals surface area contributed by atoms with Gasteiger partial charge in [0.05, 0.1) is 11.5 Å². The lowest BCUT2D eigenvalue weighted by atomic mass is 9.86. The lowest BCUT2D eigenvalue weighted by Gasteiger charge is -2.23. The van der Waals surface area contributed by atoms with Gasteiger partial charge in [-0.1, -0.05) is 13.0 Å². The minimum atomic E-state index is -2.93. The average molecular weight is 317 g/mol. The van der Waals surface area contributed by atoms with E-state index in [1.54, 1.807) is 6.07 Å². The van der Waals surface area contributed by atoms with Gasteiger partial charge < -0.3 is 5.32 Å². The van der Waals surface area contributed by atoms with Crippen LogP contribution in [0.2, 0.25) is 0 Å². The number of rotatable bonds is 6. The summed E-state index contributed by atoms with van der Waals surface area (Å²) in [5.74, 6) is -1.07. The Kier molecular flexibility index (Phi) is 5.32. The summed E-state index contributed by atoms with van der Waals surface area (Å²) in [6, 6.07) is 3.90. The normalized spacial score (nSPS) is 22.3. The average Bonchev–Trinajstić information content (AvgIpc) is 2.79. The van der Waals surface area contributed by atoms with Gasteiger partial charge in [-0.05, 0) is 55.5 Å². The summed E-state index contributed by atoms with van der Waals surface area (Å²) >= 11 is 0. The number of sulfone groups is 1. The Hall–Kier alpha value is -1.01. The zero-order valence-corrected chi connectivity index (χ0v) is 12.9. The molecule has 2 atom stereocenters. The molecule has 0 amide bonds. The quantitative estimate of drug-likeness (QED) is 0.875. The molecule has 2 rings (SSSR count). The highest BCUT2D eigenvalue weighted by Crippen LogP contribution is 2.28. The lowest BCUT2D eigenvalue weighted by molar-refractivity contribution is 0.345. The van der Waals surface area contributed by atoms with Crippen molar-refractivity contribution in [1.82, 2.24) is 5.32 Å². The summed E-state index contributed by atoms with van der Waals surface area (Å²) in [7, 11) is -2.93. The van der Waals surface area contributed by atoms with Crippen LogP contribution >= 0.6 is 0 Å². The molecule has 0 bridgehead atoms. The molecule has 1 aliphatic heterocycles. The first kappa shape index (κ1) is 16.4. The van der Waals surface area contributed by atoms with Crippen LogP contribution in [0.4, 0.5) is 8.78 Å². The van der Waals surface area contributed by atoms with Gasteiger partial charge in [0.1, 0.15) is 0 Å². The Labute approximate surface area is 124 Å². The maximum atomic E-state index is 13.3. The Morgan fingerprint density at radius 1 is 1.33 bits per heavy atom. The van der Waals surface area contributed by atoms with Crippen LogP contribution in [0.15, 0.2) is 18.2 Å². The van der Waals surface area contributed by atoms with E-state index in [2.05, 4.69) is 5.32 Å². The molecule has 1 saturated heterocycles. The van der Waals surface area contributed by atoms with Crippen LogP contribution in [0, 0.1) is 23.5 Å². The fraction of sp³-hybridized carbons (Fsp3) is 0.600. The van der Waals surface area contributed by atoms with Crippen molar-refractivity contribution in [2.75, 3.05) is 24.6 Å². The molecule has 0 saturated carbocycles. The first-order chi connectivity index (χ1) is 9.91. The molecular weight excluding hydrogens is 296 g/mol. The van der Waals surface area contributed by atoms with Gasteiger partial charge in [0.15, 0.2) is 21.5 Å². The van der Waals surface area contributed by atoms with Gasteiger partial charge in [-0.15, -0.1) is 0 Å². The summed E-state index contributed by atoms with van der Waals surface area (Å²) in [6.07, 6.45) is 1.21. The standard InChI is InChI=1S/C15H21F2NO2S/c1-2-18-9-13(12-5-6-21(19,20)10-12)7-11-3-4-14(16)15(17)8-11/h3-4,8,12-13,18H,2,5-7,9-10H2,1H3. The van der Waals surface area contributed by atoms with Gasteiger partial charge in [0.25, 0.3) is 0 Å². The molecule has 1 aromatic carbocycles. The number of hydrogen-bond acceptors (Lipinski definition) is 3. The zero-order valence-electron chi connectivity index (χ0n) is 12.1. The molecule has 1 aromatic rings. The van der Waals surface area contributed by atoms with Crippen LogP contribution in [0.5, 0.6) is 0 Å². The zero-order chi connectivity index (χ0) is 15.5. The molecule has 6 heteroatoms. The molecule has 0 spiro atoms. The molecular formula is C15H21F2NO2S. The van der Waals surface area contributed by atoms with Crippen molar-refractivity contribution in [1.29, 1.82) is 0 Å². The van der Waals surface area contributed by atoms with E-state index >= 15 is 0 Å². The number of nitrogens with one attached hydrogen (secondary N) is 1. The molecule has 2 unspecified atom stereocenters. The van der Waals surface area contributed by atoms with E-state index in [0.717, 1.165) is 12.6 Å². The topological polar surface area (TPSA) is 46.2 Å². The van der Waals surface area contributed by atoms with Crippen molar-refractivity contribution in [3.63, 3.8) is 0 Å². The fourth-order valence-corrected chi connectivity index (χ4v) is 4.82. The number of halogens is 2. The van der Waals surface area contributed by atoms with Gasteiger partial charge in [-0.2, -0.15) is 0 Å². The van der Waals surface area contributed by atoms with E-state index in [-0.39, 0.29) is 23.3 Å². The van der Waals surface area contributed by atoms with Crippen molar-refractivity contribution < 1.29 is 17.2 Å². The third-order valence-corrected chi connectivity index (χ3v) is 5.87. The van der Waals surface area contributed by atoms with Gasteiger partial charge in [0, 0.05) is 0 Å². The molecule has 0 radical (unpaired) electrons. The minimum Gasteiger partial charge on any atom is -0.317 e. The molecule has 1 N–H and O–H groups in total. The second-order valence-corrected chi connectivity index (χ2v) is 7.91. The third kappa shape index (κ3) is 4.48. The SMILES string of the molecule is CCNCC(Cc1ccc(F)c(F)c1)C1CCS(=O)(=O)C1. The van der Waals surface area contributed by atoms with Crippen LogP contribution < -0.4 is 5.32 Å². The highest BCUT2D eigenvalue weighted by Gasteiger charge is 2.33. The van der Waals surface area contributed by atoms with E-state index in [4.69, 9.17) is 0 Å². The van der Waals surface area contributed by atoms with Gasteiger partial charge >= 0.3 is 0 Å². The highest BCUT2D eigenvalue weighted by molar-refractivity contribution is 7.91. The molecule has 118 valence electrons. The molecule has 0 aliphatic carbocycles. The van der Waals surface area contributed by atoms with E-state index in [1.807, 2.05) is 6.92 Å². The van der Waals surface area contributed by atoms with Crippen LogP contribution in [-0.4, -0.2) is 33.0 Å². The van der Waals surface area contributed by atoms with Gasteiger partial charge in [-0.3, -0.25) is 0 Å². The lowest BCUT2D eigenvalue weighted by Crippen LogP contribution is -2.30. The Morgan fingerprint density at radius 3 is 2.67 bits per heavy atom. The van der Waals surface area contributed by atoms with E-state index < -0.39 is 21.5 Å². The molecule has 3 nitrogen and oxygen atoms in total. The maximum absolute atomic E-state index is 13.3. The first-order valence-corrected chi connectivity index (χ1v) is 9.08. The van der Waals surface area contributed by atoms with Crippen molar-refractivity contribution >= 4 is 9.84 Å².